The zero-order chi connectivity index (χ0) is 12.0. The molecule has 0 fully saturated rings. The van der Waals surface area contributed by atoms with E-state index in [9.17, 15) is 4.79 Å². The van der Waals surface area contributed by atoms with Crippen LogP contribution in [0.15, 0.2) is 24.3 Å². The van der Waals surface area contributed by atoms with Gasteiger partial charge in [0.05, 0.1) is 17.6 Å². The Balaban J connectivity index is 2.71. The van der Waals surface area contributed by atoms with Gasteiger partial charge in [-0.2, -0.15) is 0 Å². The van der Waals surface area contributed by atoms with Gasteiger partial charge in [0, 0.05) is 0 Å². The van der Waals surface area contributed by atoms with Gasteiger partial charge in [-0.3, -0.25) is 4.79 Å². The van der Waals surface area contributed by atoms with Gasteiger partial charge in [0.25, 0.3) is 0 Å². The summed E-state index contributed by atoms with van der Waals surface area (Å²) in [6, 6.07) is 7.44. The molecular formula is C12H16BrNO2. The van der Waals surface area contributed by atoms with Gasteiger partial charge in [0.2, 0.25) is 5.91 Å². The summed E-state index contributed by atoms with van der Waals surface area (Å²) in [5.41, 5.74) is 0.715. The fraction of sp³-hybridized carbons (Fsp3) is 0.417. The second kappa shape index (κ2) is 6.53. The largest absolute Gasteiger partial charge is 0.491 e. The van der Waals surface area contributed by atoms with Crippen LogP contribution >= 0.6 is 15.9 Å². The average molecular weight is 286 g/mol. The van der Waals surface area contributed by atoms with E-state index in [0.29, 0.717) is 24.0 Å². The number of benzene rings is 1. The molecule has 1 rings (SSSR count). The topological polar surface area (TPSA) is 38.3 Å². The summed E-state index contributed by atoms with van der Waals surface area (Å²) >= 11 is 3.11. The molecule has 0 saturated carbocycles. The van der Waals surface area contributed by atoms with E-state index in [4.69, 9.17) is 4.74 Å². The van der Waals surface area contributed by atoms with Crippen molar-refractivity contribution in [1.29, 1.82) is 0 Å². The molecule has 0 unspecified atom stereocenters. The molecule has 3 nitrogen and oxygen atoms in total. The smallest absolute Gasteiger partial charge is 0.235 e. The van der Waals surface area contributed by atoms with E-state index in [0.717, 1.165) is 0 Å². The van der Waals surface area contributed by atoms with Crippen LogP contribution in [0.2, 0.25) is 0 Å². The summed E-state index contributed by atoms with van der Waals surface area (Å²) in [4.78, 5) is 11.3. The number of carbonyl (C=O) groups is 1. The van der Waals surface area contributed by atoms with Crippen molar-refractivity contribution in [3.63, 3.8) is 0 Å². The molecular weight excluding hydrogens is 270 g/mol. The number of hydrogen-bond donors (Lipinski definition) is 1. The Kier molecular flexibility index (Phi) is 5.32. The lowest BCUT2D eigenvalue weighted by Crippen LogP contribution is -2.14. The van der Waals surface area contributed by atoms with Crippen molar-refractivity contribution < 1.29 is 9.53 Å². The molecule has 0 spiro atoms. The predicted octanol–water partition coefficient (Wildman–Crippen LogP) is 3.05. The van der Waals surface area contributed by atoms with Crippen LogP contribution in [0.5, 0.6) is 5.75 Å². The third-order valence-corrected chi connectivity index (χ3v) is 2.36. The summed E-state index contributed by atoms with van der Waals surface area (Å²) in [6.45, 7) is 4.81. The first-order chi connectivity index (χ1) is 7.63. The monoisotopic (exact) mass is 285 g/mol. The van der Waals surface area contributed by atoms with Gasteiger partial charge in [-0.05, 0) is 18.1 Å². The van der Waals surface area contributed by atoms with Crippen LogP contribution in [0.1, 0.15) is 13.8 Å². The maximum Gasteiger partial charge on any atom is 0.235 e. The van der Waals surface area contributed by atoms with Crippen LogP contribution in [0.4, 0.5) is 5.69 Å². The lowest BCUT2D eigenvalue weighted by Gasteiger charge is -2.13. The third-order valence-electron chi connectivity index (χ3n) is 1.85. The molecule has 0 bridgehead atoms. The maximum atomic E-state index is 11.3. The number of halogens is 1. The average Bonchev–Trinajstić information content (AvgIpc) is 2.27. The molecule has 0 aliphatic rings. The Labute approximate surface area is 104 Å². The molecule has 0 radical (unpaired) electrons. The molecule has 1 aromatic rings. The van der Waals surface area contributed by atoms with E-state index in [2.05, 4.69) is 35.1 Å². The van der Waals surface area contributed by atoms with Crippen LogP contribution in [-0.2, 0) is 4.79 Å². The highest BCUT2D eigenvalue weighted by Crippen LogP contribution is 2.24. The predicted molar refractivity (Wildman–Crippen MR) is 69.2 cm³/mol. The zero-order valence-corrected chi connectivity index (χ0v) is 11.1. The van der Waals surface area contributed by atoms with Crippen molar-refractivity contribution in [2.24, 2.45) is 5.92 Å². The number of amides is 1. The Hall–Kier alpha value is -1.03. The van der Waals surface area contributed by atoms with Gasteiger partial charge in [-0.1, -0.05) is 41.9 Å². The van der Waals surface area contributed by atoms with Crippen molar-refractivity contribution in [3.05, 3.63) is 24.3 Å². The van der Waals surface area contributed by atoms with E-state index in [1.54, 1.807) is 0 Å². The SMILES string of the molecule is CC(C)COc1ccccc1NC(=O)CBr. The molecule has 1 aromatic carbocycles. The van der Waals surface area contributed by atoms with Crippen LogP contribution in [0.25, 0.3) is 0 Å². The Morgan fingerprint density at radius 2 is 2.12 bits per heavy atom. The lowest BCUT2D eigenvalue weighted by molar-refractivity contribution is -0.113. The molecule has 0 saturated heterocycles. The second-order valence-corrected chi connectivity index (χ2v) is 4.44. The highest BCUT2D eigenvalue weighted by molar-refractivity contribution is 9.09. The van der Waals surface area contributed by atoms with E-state index in [1.807, 2.05) is 24.3 Å². The number of alkyl halides is 1. The Morgan fingerprint density at radius 3 is 2.75 bits per heavy atom. The molecule has 0 heterocycles. The first-order valence-corrected chi connectivity index (χ1v) is 6.33. The number of carbonyl (C=O) groups excluding carboxylic acids is 1. The van der Waals surface area contributed by atoms with Gasteiger partial charge in [-0.15, -0.1) is 0 Å². The Bertz CT molecular complexity index is 353. The number of ether oxygens (including phenoxy) is 1. The molecule has 0 atom stereocenters. The number of rotatable bonds is 5. The highest BCUT2D eigenvalue weighted by Gasteiger charge is 2.06. The molecule has 16 heavy (non-hydrogen) atoms. The van der Waals surface area contributed by atoms with Crippen molar-refractivity contribution in [2.45, 2.75) is 13.8 Å². The highest BCUT2D eigenvalue weighted by atomic mass is 79.9. The van der Waals surface area contributed by atoms with E-state index < -0.39 is 0 Å². The maximum absolute atomic E-state index is 11.3. The standard InChI is InChI=1S/C12H16BrNO2/c1-9(2)8-16-11-6-4-3-5-10(11)14-12(15)7-13/h3-6,9H,7-8H2,1-2H3,(H,14,15). The van der Waals surface area contributed by atoms with Crippen LogP contribution < -0.4 is 10.1 Å². The van der Waals surface area contributed by atoms with Crippen molar-refractivity contribution >= 4 is 27.5 Å². The minimum absolute atomic E-state index is 0.0828. The minimum Gasteiger partial charge on any atom is -0.491 e. The summed E-state index contributed by atoms with van der Waals surface area (Å²) in [5.74, 6) is 1.09. The molecule has 0 aromatic heterocycles. The van der Waals surface area contributed by atoms with Crippen molar-refractivity contribution in [3.8, 4) is 5.75 Å². The summed E-state index contributed by atoms with van der Waals surface area (Å²) < 4.78 is 5.61. The van der Waals surface area contributed by atoms with Crippen LogP contribution in [0, 0.1) is 5.92 Å². The quantitative estimate of drug-likeness (QED) is 0.845. The number of anilines is 1. The molecule has 4 heteroatoms. The van der Waals surface area contributed by atoms with Gasteiger partial charge < -0.3 is 10.1 Å². The lowest BCUT2D eigenvalue weighted by atomic mass is 10.2. The van der Waals surface area contributed by atoms with E-state index >= 15 is 0 Å². The van der Waals surface area contributed by atoms with Gasteiger partial charge in [0.1, 0.15) is 5.75 Å². The fourth-order valence-corrected chi connectivity index (χ4v) is 1.28. The van der Waals surface area contributed by atoms with Gasteiger partial charge in [0.15, 0.2) is 0 Å². The normalized spacial score (nSPS) is 10.2. The molecule has 88 valence electrons. The van der Waals surface area contributed by atoms with Gasteiger partial charge >= 0.3 is 0 Å². The van der Waals surface area contributed by atoms with Gasteiger partial charge in [-0.25, -0.2) is 0 Å². The fourth-order valence-electron chi connectivity index (χ4n) is 1.14. The third kappa shape index (κ3) is 4.23. The Morgan fingerprint density at radius 1 is 1.44 bits per heavy atom. The van der Waals surface area contributed by atoms with E-state index in [1.165, 1.54) is 0 Å². The number of para-hydroxylation sites is 2. The molecule has 1 N–H and O–H groups in total. The number of nitrogens with one attached hydrogen (secondary N) is 1. The summed E-state index contributed by atoms with van der Waals surface area (Å²) in [6.07, 6.45) is 0. The molecule has 1 amide bonds. The van der Waals surface area contributed by atoms with Crippen molar-refractivity contribution in [1.82, 2.24) is 0 Å². The summed E-state index contributed by atoms with van der Waals surface area (Å²) in [5, 5.41) is 3.06. The summed E-state index contributed by atoms with van der Waals surface area (Å²) in [7, 11) is 0. The molecule has 0 aliphatic heterocycles. The van der Waals surface area contributed by atoms with Crippen molar-refractivity contribution in [2.75, 3.05) is 17.3 Å². The van der Waals surface area contributed by atoms with E-state index in [-0.39, 0.29) is 11.2 Å². The minimum atomic E-state index is -0.0828. The number of hydrogen-bond acceptors (Lipinski definition) is 2. The zero-order valence-electron chi connectivity index (χ0n) is 9.50. The van der Waals surface area contributed by atoms with Crippen LogP contribution in [-0.4, -0.2) is 17.8 Å². The van der Waals surface area contributed by atoms with Crippen LogP contribution in [0.3, 0.4) is 0 Å². The second-order valence-electron chi connectivity index (χ2n) is 3.88. The molecule has 0 aliphatic carbocycles. The first kappa shape index (κ1) is 13.0. The first-order valence-electron chi connectivity index (χ1n) is 5.21.